The molecular formula is C17H16N2O4. The van der Waals surface area contributed by atoms with E-state index in [0.717, 1.165) is 0 Å². The van der Waals surface area contributed by atoms with Crippen molar-refractivity contribution in [1.82, 2.24) is 4.57 Å². The number of methoxy groups -OCH3 is 1. The van der Waals surface area contributed by atoms with Crippen molar-refractivity contribution in [2.75, 3.05) is 12.4 Å². The van der Waals surface area contributed by atoms with Crippen LogP contribution in [0.1, 0.15) is 13.0 Å². The summed E-state index contributed by atoms with van der Waals surface area (Å²) in [6.45, 7) is 1.65. The third-order valence-corrected chi connectivity index (χ3v) is 3.64. The van der Waals surface area contributed by atoms with E-state index in [2.05, 4.69) is 5.32 Å². The van der Waals surface area contributed by atoms with Crippen LogP contribution >= 0.6 is 0 Å². The maximum absolute atomic E-state index is 12.4. The van der Waals surface area contributed by atoms with Gasteiger partial charge in [-0.2, -0.15) is 0 Å². The molecule has 3 aromatic rings. The van der Waals surface area contributed by atoms with Gasteiger partial charge >= 0.3 is 5.76 Å². The minimum atomic E-state index is -0.701. The van der Waals surface area contributed by atoms with Crippen molar-refractivity contribution in [3.8, 4) is 5.75 Å². The lowest BCUT2D eigenvalue weighted by atomic mass is 10.2. The number of amides is 1. The van der Waals surface area contributed by atoms with Crippen LogP contribution in [0.4, 0.5) is 5.69 Å². The Morgan fingerprint density at radius 1 is 1.17 bits per heavy atom. The molecule has 0 saturated carbocycles. The lowest BCUT2D eigenvalue weighted by Crippen LogP contribution is -2.29. The summed E-state index contributed by atoms with van der Waals surface area (Å²) in [5, 5.41) is 2.78. The fourth-order valence-electron chi connectivity index (χ4n) is 2.39. The van der Waals surface area contributed by atoms with Crippen molar-refractivity contribution in [1.29, 1.82) is 0 Å². The number of nitrogens with one attached hydrogen (secondary N) is 1. The molecule has 0 spiro atoms. The molecular weight excluding hydrogens is 296 g/mol. The SMILES string of the molecule is COc1ccc(NC(=O)C(C)n2c(=O)oc3ccccc32)cc1. The lowest BCUT2D eigenvalue weighted by molar-refractivity contribution is -0.118. The van der Waals surface area contributed by atoms with E-state index in [1.54, 1.807) is 62.6 Å². The van der Waals surface area contributed by atoms with Crippen LogP contribution in [-0.4, -0.2) is 17.6 Å². The Labute approximate surface area is 132 Å². The average molecular weight is 312 g/mol. The van der Waals surface area contributed by atoms with Crippen molar-refractivity contribution in [2.24, 2.45) is 0 Å². The second kappa shape index (κ2) is 6.00. The van der Waals surface area contributed by atoms with Crippen LogP contribution in [-0.2, 0) is 4.79 Å². The summed E-state index contributed by atoms with van der Waals surface area (Å²) in [6.07, 6.45) is 0. The molecule has 1 aromatic heterocycles. The molecule has 23 heavy (non-hydrogen) atoms. The van der Waals surface area contributed by atoms with Gasteiger partial charge in [-0.3, -0.25) is 9.36 Å². The highest BCUT2D eigenvalue weighted by Gasteiger charge is 2.21. The summed E-state index contributed by atoms with van der Waals surface area (Å²) >= 11 is 0. The fourth-order valence-corrected chi connectivity index (χ4v) is 2.39. The van der Waals surface area contributed by atoms with Gasteiger partial charge in [-0.05, 0) is 43.3 Å². The highest BCUT2D eigenvalue weighted by atomic mass is 16.5. The van der Waals surface area contributed by atoms with Gasteiger partial charge in [0.1, 0.15) is 11.8 Å². The van der Waals surface area contributed by atoms with Crippen LogP contribution in [0.3, 0.4) is 0 Å². The minimum absolute atomic E-state index is 0.302. The molecule has 2 aromatic carbocycles. The maximum atomic E-state index is 12.4. The third kappa shape index (κ3) is 2.83. The first kappa shape index (κ1) is 14.9. The Morgan fingerprint density at radius 3 is 2.57 bits per heavy atom. The minimum Gasteiger partial charge on any atom is -0.497 e. The van der Waals surface area contributed by atoms with Crippen LogP contribution in [0.2, 0.25) is 0 Å². The van der Waals surface area contributed by atoms with Gasteiger partial charge in [-0.25, -0.2) is 4.79 Å². The molecule has 1 atom stereocenters. The number of hydrogen-bond acceptors (Lipinski definition) is 4. The van der Waals surface area contributed by atoms with Crippen LogP contribution in [0.5, 0.6) is 5.75 Å². The monoisotopic (exact) mass is 312 g/mol. The molecule has 0 saturated heterocycles. The van der Waals surface area contributed by atoms with Crippen molar-refractivity contribution >= 4 is 22.7 Å². The van der Waals surface area contributed by atoms with Crippen LogP contribution in [0.25, 0.3) is 11.1 Å². The highest BCUT2D eigenvalue weighted by Crippen LogP contribution is 2.19. The molecule has 0 aliphatic heterocycles. The summed E-state index contributed by atoms with van der Waals surface area (Å²) in [5.41, 5.74) is 1.68. The first-order chi connectivity index (χ1) is 11.1. The molecule has 6 nitrogen and oxygen atoms in total. The number of carbonyl (C=O) groups excluding carboxylic acids is 1. The predicted molar refractivity (Wildman–Crippen MR) is 86.8 cm³/mol. The van der Waals surface area contributed by atoms with Crippen molar-refractivity contribution in [3.63, 3.8) is 0 Å². The molecule has 6 heteroatoms. The summed E-state index contributed by atoms with van der Waals surface area (Å²) in [4.78, 5) is 24.4. The number of ether oxygens (including phenoxy) is 1. The molecule has 0 bridgehead atoms. The van der Waals surface area contributed by atoms with Gasteiger partial charge < -0.3 is 14.5 Å². The number of oxazole rings is 1. The van der Waals surface area contributed by atoms with Crippen molar-refractivity contribution in [2.45, 2.75) is 13.0 Å². The number of hydrogen-bond donors (Lipinski definition) is 1. The van der Waals surface area contributed by atoms with E-state index < -0.39 is 11.8 Å². The highest BCUT2D eigenvalue weighted by molar-refractivity contribution is 5.94. The molecule has 1 heterocycles. The Kier molecular flexibility index (Phi) is 3.89. The predicted octanol–water partition coefficient (Wildman–Crippen LogP) is 2.80. The summed E-state index contributed by atoms with van der Waals surface area (Å²) < 4.78 is 11.6. The first-order valence-corrected chi connectivity index (χ1v) is 7.15. The second-order valence-electron chi connectivity index (χ2n) is 5.10. The van der Waals surface area contributed by atoms with Gasteiger partial charge in [0.25, 0.3) is 0 Å². The normalized spacial score (nSPS) is 12.1. The van der Waals surface area contributed by atoms with E-state index in [0.29, 0.717) is 22.5 Å². The number of rotatable bonds is 4. The number of aromatic nitrogens is 1. The summed E-state index contributed by atoms with van der Waals surface area (Å²) in [7, 11) is 1.58. The van der Waals surface area contributed by atoms with Crippen LogP contribution in [0.15, 0.2) is 57.7 Å². The summed E-state index contributed by atoms with van der Waals surface area (Å²) in [6, 6.07) is 13.3. The van der Waals surface area contributed by atoms with E-state index in [9.17, 15) is 9.59 Å². The van der Waals surface area contributed by atoms with E-state index in [4.69, 9.17) is 9.15 Å². The zero-order valence-electron chi connectivity index (χ0n) is 12.8. The van der Waals surface area contributed by atoms with E-state index in [1.807, 2.05) is 0 Å². The molecule has 3 rings (SSSR count). The number of nitrogens with zero attached hydrogens (tertiary/aromatic N) is 1. The molecule has 118 valence electrons. The van der Waals surface area contributed by atoms with Gasteiger partial charge in [0.15, 0.2) is 5.58 Å². The van der Waals surface area contributed by atoms with Crippen molar-refractivity contribution < 1.29 is 13.9 Å². The molecule has 0 fully saturated rings. The maximum Gasteiger partial charge on any atom is 0.420 e. The average Bonchev–Trinajstić information content (AvgIpc) is 2.90. The van der Waals surface area contributed by atoms with Gasteiger partial charge in [0, 0.05) is 5.69 Å². The molecule has 0 aliphatic rings. The number of fused-ring (bicyclic) bond motifs is 1. The molecule has 0 radical (unpaired) electrons. The van der Waals surface area contributed by atoms with E-state index >= 15 is 0 Å². The van der Waals surface area contributed by atoms with Gasteiger partial charge in [0.05, 0.1) is 12.6 Å². The first-order valence-electron chi connectivity index (χ1n) is 7.15. The van der Waals surface area contributed by atoms with Crippen LogP contribution < -0.4 is 15.8 Å². The molecule has 0 aliphatic carbocycles. The zero-order valence-corrected chi connectivity index (χ0v) is 12.8. The topological polar surface area (TPSA) is 73.5 Å². The largest absolute Gasteiger partial charge is 0.497 e. The molecule has 1 N–H and O–H groups in total. The van der Waals surface area contributed by atoms with Crippen LogP contribution in [0, 0.1) is 0 Å². The fraction of sp³-hybridized carbons (Fsp3) is 0.176. The van der Waals surface area contributed by atoms with Gasteiger partial charge in [-0.15, -0.1) is 0 Å². The Bertz CT molecular complexity index is 893. The quantitative estimate of drug-likeness (QED) is 0.804. The number of benzene rings is 2. The van der Waals surface area contributed by atoms with Gasteiger partial charge in [0.2, 0.25) is 5.91 Å². The third-order valence-electron chi connectivity index (χ3n) is 3.64. The lowest BCUT2D eigenvalue weighted by Gasteiger charge is -2.13. The van der Waals surface area contributed by atoms with Crippen molar-refractivity contribution in [3.05, 3.63) is 59.1 Å². The standard InChI is InChI=1S/C17H16N2O4/c1-11(16(20)18-12-7-9-13(22-2)10-8-12)19-14-5-3-4-6-15(14)23-17(19)21/h3-11H,1-2H3,(H,18,20). The van der Waals surface area contributed by atoms with E-state index in [1.165, 1.54) is 4.57 Å². The Balaban J connectivity index is 1.86. The number of carbonyl (C=O) groups is 1. The summed E-state index contributed by atoms with van der Waals surface area (Å²) in [5.74, 6) is -0.152. The molecule has 1 unspecified atom stereocenters. The zero-order chi connectivity index (χ0) is 16.4. The smallest absolute Gasteiger partial charge is 0.420 e. The number of para-hydroxylation sites is 2. The Hall–Kier alpha value is -3.02. The second-order valence-corrected chi connectivity index (χ2v) is 5.10. The number of anilines is 1. The molecule has 1 amide bonds. The Morgan fingerprint density at radius 2 is 1.87 bits per heavy atom. The van der Waals surface area contributed by atoms with Gasteiger partial charge in [-0.1, -0.05) is 12.1 Å². The van der Waals surface area contributed by atoms with E-state index in [-0.39, 0.29) is 5.91 Å².